The lowest BCUT2D eigenvalue weighted by molar-refractivity contribution is 0.159. The van der Waals surface area contributed by atoms with Gasteiger partial charge in [0.05, 0.1) is 0 Å². The van der Waals surface area contributed by atoms with Gasteiger partial charge in [-0.1, -0.05) is 30.7 Å². The summed E-state index contributed by atoms with van der Waals surface area (Å²) >= 11 is 0. The maximum Gasteiger partial charge on any atom is 0.0234 e. The van der Waals surface area contributed by atoms with Crippen LogP contribution in [0.1, 0.15) is 56.6 Å². The molecule has 0 spiro atoms. The molecule has 0 amide bonds. The van der Waals surface area contributed by atoms with Crippen molar-refractivity contribution in [2.45, 2.75) is 64.6 Å². The summed E-state index contributed by atoms with van der Waals surface area (Å²) in [6, 6.07) is 10.1. The Bertz CT molecular complexity index is 593. The van der Waals surface area contributed by atoms with Crippen LogP contribution in [0.2, 0.25) is 0 Å². The van der Waals surface area contributed by atoms with Crippen LogP contribution in [0, 0.1) is 0 Å². The Balaban J connectivity index is 1.34. The van der Waals surface area contributed by atoms with Gasteiger partial charge in [-0.25, -0.2) is 0 Å². The number of benzene rings is 1. The van der Waals surface area contributed by atoms with E-state index in [0.29, 0.717) is 0 Å². The van der Waals surface area contributed by atoms with E-state index in [1.54, 1.807) is 0 Å². The Morgan fingerprint density at radius 1 is 0.788 bits per heavy atom. The first-order valence-electron chi connectivity index (χ1n) is 13.7. The molecule has 0 bridgehead atoms. The highest BCUT2D eigenvalue weighted by atomic mass is 15.2. The SMILES string of the molecule is CC1CCCCN1CCCNCc1ccc(CN2CCCNCCNCCCNCC2)cc1. The lowest BCUT2D eigenvalue weighted by Crippen LogP contribution is -2.38. The van der Waals surface area contributed by atoms with Crippen molar-refractivity contribution in [3.05, 3.63) is 35.4 Å². The predicted molar refractivity (Wildman–Crippen MR) is 141 cm³/mol. The lowest BCUT2D eigenvalue weighted by atomic mass is 10.0. The Kier molecular flexibility index (Phi) is 13.4. The first-order valence-corrected chi connectivity index (χ1v) is 13.7. The van der Waals surface area contributed by atoms with Gasteiger partial charge < -0.3 is 26.2 Å². The van der Waals surface area contributed by atoms with Gasteiger partial charge in [-0.3, -0.25) is 4.90 Å². The Morgan fingerprint density at radius 2 is 1.52 bits per heavy atom. The van der Waals surface area contributed by atoms with Crippen molar-refractivity contribution < 1.29 is 0 Å². The van der Waals surface area contributed by atoms with E-state index in [0.717, 1.165) is 78.0 Å². The molecule has 1 aromatic rings. The molecule has 4 N–H and O–H groups in total. The summed E-state index contributed by atoms with van der Waals surface area (Å²) in [5.41, 5.74) is 2.82. The Hall–Kier alpha value is -1.02. The summed E-state index contributed by atoms with van der Waals surface area (Å²) in [6.45, 7) is 16.9. The minimum Gasteiger partial charge on any atom is -0.315 e. The van der Waals surface area contributed by atoms with Crippen LogP contribution in [0.3, 0.4) is 0 Å². The van der Waals surface area contributed by atoms with Crippen LogP contribution in [-0.4, -0.2) is 87.8 Å². The van der Waals surface area contributed by atoms with Crippen LogP contribution in [-0.2, 0) is 13.1 Å². The van der Waals surface area contributed by atoms with E-state index in [4.69, 9.17) is 0 Å². The van der Waals surface area contributed by atoms with E-state index in [1.807, 2.05) is 0 Å². The fraction of sp³-hybridized carbons (Fsp3) is 0.778. The highest BCUT2D eigenvalue weighted by Crippen LogP contribution is 2.16. The largest absolute Gasteiger partial charge is 0.315 e. The number of hydrogen-bond donors (Lipinski definition) is 4. The monoisotopic (exact) mass is 458 g/mol. The number of nitrogens with zero attached hydrogens (tertiary/aromatic N) is 2. The molecule has 2 aliphatic heterocycles. The molecule has 1 atom stereocenters. The summed E-state index contributed by atoms with van der Waals surface area (Å²) < 4.78 is 0. The van der Waals surface area contributed by atoms with Crippen LogP contribution in [0.5, 0.6) is 0 Å². The summed E-state index contributed by atoms with van der Waals surface area (Å²) in [4.78, 5) is 5.27. The van der Waals surface area contributed by atoms with Crippen molar-refractivity contribution in [2.24, 2.45) is 0 Å². The molecule has 0 aromatic heterocycles. The first kappa shape index (κ1) is 26.6. The van der Waals surface area contributed by atoms with E-state index >= 15 is 0 Å². The van der Waals surface area contributed by atoms with Gasteiger partial charge in [-0.2, -0.15) is 0 Å². The highest BCUT2D eigenvalue weighted by molar-refractivity contribution is 5.22. The molecule has 0 saturated carbocycles. The molecule has 1 aromatic carbocycles. The van der Waals surface area contributed by atoms with Crippen LogP contribution in [0.4, 0.5) is 0 Å². The molecule has 3 rings (SSSR count). The molecule has 188 valence electrons. The van der Waals surface area contributed by atoms with Crippen molar-refractivity contribution in [3.8, 4) is 0 Å². The van der Waals surface area contributed by atoms with Crippen LogP contribution in [0.25, 0.3) is 0 Å². The molecule has 6 nitrogen and oxygen atoms in total. The molecule has 2 aliphatic rings. The minimum atomic E-state index is 0.779. The zero-order valence-corrected chi connectivity index (χ0v) is 21.2. The van der Waals surface area contributed by atoms with Crippen molar-refractivity contribution in [1.82, 2.24) is 31.1 Å². The van der Waals surface area contributed by atoms with Gasteiger partial charge in [0.1, 0.15) is 0 Å². The topological polar surface area (TPSA) is 54.6 Å². The summed E-state index contributed by atoms with van der Waals surface area (Å²) in [6.07, 6.45) is 7.83. The molecular weight excluding hydrogens is 408 g/mol. The molecule has 0 aliphatic carbocycles. The van der Waals surface area contributed by atoms with E-state index in [-0.39, 0.29) is 0 Å². The van der Waals surface area contributed by atoms with E-state index in [1.165, 1.54) is 62.7 Å². The number of hydrogen-bond acceptors (Lipinski definition) is 6. The normalized spacial score (nSPS) is 23.2. The summed E-state index contributed by atoms with van der Waals surface area (Å²) in [5, 5.41) is 14.3. The fourth-order valence-electron chi connectivity index (χ4n) is 4.98. The Labute approximate surface area is 203 Å². The molecule has 2 fully saturated rings. The van der Waals surface area contributed by atoms with Gasteiger partial charge in [0.15, 0.2) is 0 Å². The third kappa shape index (κ3) is 11.3. The van der Waals surface area contributed by atoms with Crippen molar-refractivity contribution in [2.75, 3.05) is 72.0 Å². The van der Waals surface area contributed by atoms with Crippen LogP contribution >= 0.6 is 0 Å². The van der Waals surface area contributed by atoms with Gasteiger partial charge in [0.2, 0.25) is 0 Å². The quantitative estimate of drug-likeness (QED) is 0.449. The van der Waals surface area contributed by atoms with Gasteiger partial charge in [-0.05, 0) is 96.0 Å². The fourth-order valence-corrected chi connectivity index (χ4v) is 4.98. The predicted octanol–water partition coefficient (Wildman–Crippen LogP) is 2.41. The molecule has 0 radical (unpaired) electrons. The van der Waals surface area contributed by atoms with Gasteiger partial charge in [0.25, 0.3) is 0 Å². The molecule has 2 saturated heterocycles. The maximum atomic E-state index is 3.65. The number of piperidine rings is 1. The standard InChI is InChI=1S/C27H50N6/c1-25-7-2-3-20-33(25)21-6-15-31-23-26-8-10-27(11-9-26)24-32-19-5-14-29-17-16-28-12-4-13-30-18-22-32/h8-11,25,28-31H,2-7,12-24H2,1H3. The zero-order valence-electron chi connectivity index (χ0n) is 21.2. The van der Waals surface area contributed by atoms with Gasteiger partial charge in [0, 0.05) is 45.3 Å². The van der Waals surface area contributed by atoms with Crippen molar-refractivity contribution >= 4 is 0 Å². The molecular formula is C27H50N6. The average Bonchev–Trinajstić information content (AvgIpc) is 2.83. The van der Waals surface area contributed by atoms with E-state index < -0.39 is 0 Å². The van der Waals surface area contributed by atoms with Crippen molar-refractivity contribution in [1.29, 1.82) is 0 Å². The number of likely N-dealkylation sites (tertiary alicyclic amines) is 1. The third-order valence-electron chi connectivity index (χ3n) is 7.12. The minimum absolute atomic E-state index is 0.779. The Morgan fingerprint density at radius 3 is 2.30 bits per heavy atom. The van der Waals surface area contributed by atoms with Crippen LogP contribution < -0.4 is 21.3 Å². The lowest BCUT2D eigenvalue weighted by Gasteiger charge is -2.33. The third-order valence-corrected chi connectivity index (χ3v) is 7.12. The molecule has 1 unspecified atom stereocenters. The number of nitrogens with one attached hydrogen (secondary N) is 4. The van der Waals surface area contributed by atoms with Crippen molar-refractivity contribution in [3.63, 3.8) is 0 Å². The number of rotatable bonds is 8. The molecule has 33 heavy (non-hydrogen) atoms. The molecule has 2 heterocycles. The average molecular weight is 459 g/mol. The van der Waals surface area contributed by atoms with Gasteiger partial charge >= 0.3 is 0 Å². The van der Waals surface area contributed by atoms with E-state index in [9.17, 15) is 0 Å². The zero-order chi connectivity index (χ0) is 23.0. The van der Waals surface area contributed by atoms with Crippen LogP contribution in [0.15, 0.2) is 24.3 Å². The maximum absolute atomic E-state index is 3.65. The summed E-state index contributed by atoms with van der Waals surface area (Å²) in [7, 11) is 0. The highest BCUT2D eigenvalue weighted by Gasteiger charge is 2.16. The summed E-state index contributed by atoms with van der Waals surface area (Å²) in [5.74, 6) is 0. The second-order valence-corrected chi connectivity index (χ2v) is 9.96. The smallest absolute Gasteiger partial charge is 0.0234 e. The molecule has 6 heteroatoms. The first-order chi connectivity index (χ1) is 16.3. The second-order valence-electron chi connectivity index (χ2n) is 9.96. The van der Waals surface area contributed by atoms with Gasteiger partial charge in [-0.15, -0.1) is 0 Å². The van der Waals surface area contributed by atoms with E-state index in [2.05, 4.69) is 62.3 Å². The second kappa shape index (κ2) is 16.6.